The number of hydrogen-bond acceptors (Lipinski definition) is 4. The first-order valence-electron chi connectivity index (χ1n) is 8.83. The number of ether oxygens (including phenoxy) is 1. The molecule has 1 amide bonds. The van der Waals surface area contributed by atoms with Gasteiger partial charge in [-0.3, -0.25) is 10.1 Å². The van der Waals surface area contributed by atoms with Gasteiger partial charge in [0.25, 0.3) is 5.91 Å². The van der Waals surface area contributed by atoms with Crippen LogP contribution in [-0.2, 0) is 23.1 Å². The Labute approximate surface area is 148 Å². The number of fused-ring (bicyclic) bond motifs is 1. The van der Waals surface area contributed by atoms with Gasteiger partial charge in [0, 0.05) is 5.56 Å². The van der Waals surface area contributed by atoms with Gasteiger partial charge in [0.15, 0.2) is 6.61 Å². The van der Waals surface area contributed by atoms with Crippen molar-refractivity contribution in [2.75, 3.05) is 11.9 Å². The van der Waals surface area contributed by atoms with E-state index in [1.807, 2.05) is 24.3 Å². The molecule has 1 N–H and O–H groups in total. The molecule has 0 bridgehead atoms. The number of carbonyl (C=O) groups is 1. The van der Waals surface area contributed by atoms with Crippen LogP contribution in [0.3, 0.4) is 0 Å². The number of anilines is 1. The second-order valence-electron chi connectivity index (χ2n) is 7.90. The van der Waals surface area contributed by atoms with E-state index in [0.717, 1.165) is 30.5 Å². The fourth-order valence-corrected chi connectivity index (χ4v) is 3.04. The molecule has 0 spiro atoms. The standard InChI is InChI=1S/C20H26N2O3/c1-13-5-10-17-16(11-13)19(25-22-17)21-18(23)12-24-15-8-6-14(7-9-15)20(2,3)4/h6-9,13H,5,10-12H2,1-4H3,(H,21,23). The normalized spacial score (nSPS) is 17.0. The topological polar surface area (TPSA) is 64.4 Å². The molecular weight excluding hydrogens is 316 g/mol. The molecule has 3 rings (SSSR count). The molecule has 0 saturated carbocycles. The third kappa shape index (κ3) is 4.21. The highest BCUT2D eigenvalue weighted by Gasteiger charge is 2.24. The number of rotatable bonds is 4. The molecular formula is C20H26N2O3. The van der Waals surface area contributed by atoms with Crippen molar-refractivity contribution in [3.05, 3.63) is 41.1 Å². The van der Waals surface area contributed by atoms with Crippen molar-refractivity contribution in [3.8, 4) is 5.75 Å². The predicted octanol–water partition coefficient (Wildman–Crippen LogP) is 4.11. The second kappa shape index (κ2) is 6.90. The van der Waals surface area contributed by atoms with Crippen molar-refractivity contribution in [1.82, 2.24) is 5.16 Å². The lowest BCUT2D eigenvalue weighted by molar-refractivity contribution is -0.118. The number of nitrogens with one attached hydrogen (secondary N) is 1. The molecule has 5 heteroatoms. The van der Waals surface area contributed by atoms with E-state index in [1.54, 1.807) is 0 Å². The van der Waals surface area contributed by atoms with E-state index in [9.17, 15) is 4.79 Å². The van der Waals surface area contributed by atoms with Crippen molar-refractivity contribution < 1.29 is 14.1 Å². The minimum atomic E-state index is -0.239. The predicted molar refractivity (Wildman–Crippen MR) is 97.0 cm³/mol. The van der Waals surface area contributed by atoms with Crippen LogP contribution in [0.15, 0.2) is 28.8 Å². The highest BCUT2D eigenvalue weighted by atomic mass is 16.5. The van der Waals surface area contributed by atoms with Crippen molar-refractivity contribution in [3.63, 3.8) is 0 Å². The van der Waals surface area contributed by atoms with Gasteiger partial charge in [-0.1, -0.05) is 45.0 Å². The van der Waals surface area contributed by atoms with Crippen LogP contribution in [0.5, 0.6) is 5.75 Å². The third-order valence-corrected chi connectivity index (χ3v) is 4.64. The van der Waals surface area contributed by atoms with E-state index < -0.39 is 0 Å². The summed E-state index contributed by atoms with van der Waals surface area (Å²) in [7, 11) is 0. The quantitative estimate of drug-likeness (QED) is 0.908. The molecule has 0 saturated heterocycles. The minimum absolute atomic E-state index is 0.0557. The Bertz CT molecular complexity index is 741. The van der Waals surface area contributed by atoms with E-state index in [4.69, 9.17) is 9.26 Å². The number of nitrogens with zero attached hydrogens (tertiary/aromatic N) is 1. The lowest BCUT2D eigenvalue weighted by Gasteiger charge is -2.19. The van der Waals surface area contributed by atoms with E-state index in [1.165, 1.54) is 5.56 Å². The molecule has 0 aliphatic heterocycles. The number of hydrogen-bond donors (Lipinski definition) is 1. The molecule has 1 aliphatic rings. The molecule has 1 aromatic heterocycles. The first-order valence-corrected chi connectivity index (χ1v) is 8.83. The van der Waals surface area contributed by atoms with Crippen LogP contribution >= 0.6 is 0 Å². The van der Waals surface area contributed by atoms with Gasteiger partial charge >= 0.3 is 0 Å². The van der Waals surface area contributed by atoms with Crippen LogP contribution in [0.2, 0.25) is 0 Å². The summed E-state index contributed by atoms with van der Waals surface area (Å²) in [6.07, 6.45) is 2.91. The summed E-state index contributed by atoms with van der Waals surface area (Å²) in [6, 6.07) is 7.85. The molecule has 2 aromatic rings. The van der Waals surface area contributed by atoms with Crippen molar-refractivity contribution in [2.45, 2.75) is 52.4 Å². The van der Waals surface area contributed by atoms with Crippen LogP contribution in [0.1, 0.15) is 50.9 Å². The zero-order valence-electron chi connectivity index (χ0n) is 15.4. The Morgan fingerprint density at radius 1 is 1.32 bits per heavy atom. The van der Waals surface area contributed by atoms with Crippen molar-refractivity contribution >= 4 is 11.8 Å². The van der Waals surface area contributed by atoms with Crippen LogP contribution in [0, 0.1) is 5.92 Å². The Kier molecular flexibility index (Phi) is 4.84. The fraction of sp³-hybridized carbons (Fsp3) is 0.500. The Morgan fingerprint density at radius 2 is 2.04 bits per heavy atom. The molecule has 1 atom stereocenters. The first-order chi connectivity index (χ1) is 11.8. The van der Waals surface area contributed by atoms with Gasteiger partial charge in [0.2, 0.25) is 5.88 Å². The monoisotopic (exact) mass is 342 g/mol. The number of benzene rings is 1. The molecule has 1 unspecified atom stereocenters. The van der Waals surface area contributed by atoms with Gasteiger partial charge in [-0.25, -0.2) is 0 Å². The van der Waals surface area contributed by atoms with Gasteiger partial charge in [0.05, 0.1) is 5.69 Å². The van der Waals surface area contributed by atoms with E-state index >= 15 is 0 Å². The minimum Gasteiger partial charge on any atom is -0.484 e. The van der Waals surface area contributed by atoms with Gasteiger partial charge < -0.3 is 9.26 Å². The first kappa shape index (κ1) is 17.5. The van der Waals surface area contributed by atoms with Crippen molar-refractivity contribution in [1.29, 1.82) is 0 Å². The lowest BCUT2D eigenvalue weighted by Crippen LogP contribution is -2.21. The zero-order valence-corrected chi connectivity index (χ0v) is 15.4. The number of amides is 1. The number of aryl methyl sites for hydroxylation is 1. The molecule has 0 fully saturated rings. The highest BCUT2D eigenvalue weighted by molar-refractivity contribution is 5.91. The van der Waals surface area contributed by atoms with Crippen LogP contribution in [0.4, 0.5) is 5.88 Å². The molecule has 0 radical (unpaired) electrons. The molecule has 5 nitrogen and oxygen atoms in total. The van der Waals surface area contributed by atoms with Crippen molar-refractivity contribution in [2.24, 2.45) is 5.92 Å². The van der Waals surface area contributed by atoms with Gasteiger partial charge in [-0.2, -0.15) is 0 Å². The molecule has 25 heavy (non-hydrogen) atoms. The summed E-state index contributed by atoms with van der Waals surface area (Å²) in [6.45, 7) is 8.63. The van der Waals surface area contributed by atoms with E-state index in [0.29, 0.717) is 17.6 Å². The maximum Gasteiger partial charge on any atom is 0.264 e. The Hall–Kier alpha value is -2.30. The largest absolute Gasteiger partial charge is 0.484 e. The van der Waals surface area contributed by atoms with E-state index in [2.05, 4.69) is 38.2 Å². The average Bonchev–Trinajstić information content (AvgIpc) is 2.95. The summed E-state index contributed by atoms with van der Waals surface area (Å²) < 4.78 is 10.9. The summed E-state index contributed by atoms with van der Waals surface area (Å²) >= 11 is 0. The smallest absolute Gasteiger partial charge is 0.264 e. The Morgan fingerprint density at radius 3 is 2.72 bits per heavy atom. The highest BCUT2D eigenvalue weighted by Crippen LogP contribution is 2.30. The molecule has 1 aliphatic carbocycles. The molecule has 1 aromatic carbocycles. The number of aromatic nitrogens is 1. The number of carbonyl (C=O) groups excluding carboxylic acids is 1. The summed E-state index contributed by atoms with van der Waals surface area (Å²) in [4.78, 5) is 12.2. The van der Waals surface area contributed by atoms with Crippen LogP contribution in [0.25, 0.3) is 0 Å². The SMILES string of the molecule is CC1CCc2noc(NC(=O)COc3ccc(C(C)(C)C)cc3)c2C1. The second-order valence-corrected chi connectivity index (χ2v) is 7.90. The van der Waals surface area contributed by atoms with E-state index in [-0.39, 0.29) is 17.9 Å². The molecule has 1 heterocycles. The van der Waals surface area contributed by atoms with Crippen LogP contribution < -0.4 is 10.1 Å². The maximum atomic E-state index is 12.2. The van der Waals surface area contributed by atoms with Gasteiger partial charge in [-0.15, -0.1) is 0 Å². The Balaban J connectivity index is 1.56. The summed E-state index contributed by atoms with van der Waals surface area (Å²) in [5.74, 6) is 1.49. The summed E-state index contributed by atoms with van der Waals surface area (Å²) in [5.41, 5.74) is 3.32. The van der Waals surface area contributed by atoms with Gasteiger partial charge in [-0.05, 0) is 48.3 Å². The third-order valence-electron chi connectivity index (χ3n) is 4.64. The van der Waals surface area contributed by atoms with Gasteiger partial charge in [0.1, 0.15) is 5.75 Å². The molecule has 134 valence electrons. The maximum absolute atomic E-state index is 12.2. The summed E-state index contributed by atoms with van der Waals surface area (Å²) in [5, 5.41) is 6.85. The fourth-order valence-electron chi connectivity index (χ4n) is 3.04. The zero-order chi connectivity index (χ0) is 18.0. The van der Waals surface area contributed by atoms with Crippen LogP contribution in [-0.4, -0.2) is 17.7 Å². The lowest BCUT2D eigenvalue weighted by atomic mass is 9.87. The average molecular weight is 342 g/mol.